The van der Waals surface area contributed by atoms with Gasteiger partial charge in [-0.15, -0.1) is 0 Å². The highest BCUT2D eigenvalue weighted by molar-refractivity contribution is 6.30. The van der Waals surface area contributed by atoms with Crippen LogP contribution in [0.15, 0.2) is 36.4 Å². The topological polar surface area (TPSA) is 35.2 Å². The monoisotopic (exact) mass is 265 g/mol. The maximum absolute atomic E-state index is 13.8. The Morgan fingerprint density at radius 2 is 2.00 bits per heavy atom. The number of benzene rings is 2. The molecule has 0 aliphatic heterocycles. The lowest BCUT2D eigenvalue weighted by Gasteiger charge is -2.11. The fourth-order valence-electron chi connectivity index (χ4n) is 1.61. The van der Waals surface area contributed by atoms with Gasteiger partial charge in [0.2, 0.25) is 0 Å². The molecule has 4 heteroatoms. The van der Waals surface area contributed by atoms with E-state index in [2.05, 4.69) is 0 Å². The molecule has 0 unspecified atom stereocenters. The molecule has 2 aromatic rings. The summed E-state index contributed by atoms with van der Waals surface area (Å²) in [6.07, 6.45) is 0. The Morgan fingerprint density at radius 1 is 1.22 bits per heavy atom. The van der Waals surface area contributed by atoms with Gasteiger partial charge in [-0.05, 0) is 30.7 Å². The van der Waals surface area contributed by atoms with Crippen LogP contribution in [-0.2, 0) is 6.54 Å². The molecule has 2 aromatic carbocycles. The van der Waals surface area contributed by atoms with Gasteiger partial charge in [-0.3, -0.25) is 0 Å². The Balaban J connectivity index is 2.39. The molecule has 0 radical (unpaired) electrons. The summed E-state index contributed by atoms with van der Waals surface area (Å²) in [6.45, 7) is 1.99. The fourth-order valence-corrected chi connectivity index (χ4v) is 1.77. The van der Waals surface area contributed by atoms with Gasteiger partial charge in [0, 0.05) is 17.1 Å². The van der Waals surface area contributed by atoms with Crippen molar-refractivity contribution in [3.63, 3.8) is 0 Å². The lowest BCUT2D eigenvalue weighted by atomic mass is 10.2. The lowest BCUT2D eigenvalue weighted by molar-refractivity contribution is 0.436. The molecule has 0 spiro atoms. The van der Waals surface area contributed by atoms with E-state index in [1.54, 1.807) is 43.3 Å². The molecule has 0 saturated carbocycles. The highest BCUT2D eigenvalue weighted by Crippen LogP contribution is 2.30. The quantitative estimate of drug-likeness (QED) is 0.909. The zero-order chi connectivity index (χ0) is 13.1. The maximum atomic E-state index is 13.8. The summed E-state index contributed by atoms with van der Waals surface area (Å²) < 4.78 is 19.4. The summed E-state index contributed by atoms with van der Waals surface area (Å²) in [5, 5.41) is 0.523. The van der Waals surface area contributed by atoms with E-state index in [0.29, 0.717) is 22.9 Å². The summed E-state index contributed by atoms with van der Waals surface area (Å²) in [4.78, 5) is 0. The van der Waals surface area contributed by atoms with Gasteiger partial charge in [0.1, 0.15) is 5.75 Å². The third-order valence-electron chi connectivity index (χ3n) is 2.63. The van der Waals surface area contributed by atoms with Gasteiger partial charge < -0.3 is 10.5 Å². The molecule has 0 aliphatic rings. The van der Waals surface area contributed by atoms with Crippen molar-refractivity contribution in [2.24, 2.45) is 5.73 Å². The fraction of sp³-hybridized carbons (Fsp3) is 0.143. The number of ether oxygens (including phenoxy) is 1. The van der Waals surface area contributed by atoms with Gasteiger partial charge in [0.25, 0.3) is 0 Å². The Kier molecular flexibility index (Phi) is 3.84. The minimum Gasteiger partial charge on any atom is -0.454 e. The summed E-state index contributed by atoms with van der Waals surface area (Å²) in [5.41, 5.74) is 6.91. The van der Waals surface area contributed by atoms with Crippen molar-refractivity contribution in [1.82, 2.24) is 0 Å². The molecule has 0 heterocycles. The molecular weight excluding hydrogens is 253 g/mol. The second-order valence-corrected chi connectivity index (χ2v) is 4.38. The van der Waals surface area contributed by atoms with Crippen molar-refractivity contribution < 1.29 is 9.13 Å². The minimum absolute atomic E-state index is 0.173. The van der Waals surface area contributed by atoms with E-state index < -0.39 is 0 Å². The molecular formula is C14H13ClFNO. The van der Waals surface area contributed by atoms with Crippen LogP contribution in [-0.4, -0.2) is 0 Å². The van der Waals surface area contributed by atoms with Crippen LogP contribution in [0, 0.1) is 12.7 Å². The highest BCUT2D eigenvalue weighted by Gasteiger charge is 2.10. The average molecular weight is 266 g/mol. The van der Waals surface area contributed by atoms with Crippen molar-refractivity contribution in [2.75, 3.05) is 0 Å². The van der Waals surface area contributed by atoms with Crippen LogP contribution in [0.2, 0.25) is 5.02 Å². The molecule has 0 aromatic heterocycles. The molecule has 0 fully saturated rings. The predicted molar refractivity (Wildman–Crippen MR) is 70.6 cm³/mol. The predicted octanol–water partition coefficient (Wildman–Crippen LogP) is 4.04. The molecule has 0 amide bonds. The van der Waals surface area contributed by atoms with Crippen LogP contribution >= 0.6 is 11.6 Å². The van der Waals surface area contributed by atoms with Crippen LogP contribution in [0.3, 0.4) is 0 Å². The molecule has 2 rings (SSSR count). The number of hydrogen-bond acceptors (Lipinski definition) is 2. The van der Waals surface area contributed by atoms with Crippen LogP contribution in [0.25, 0.3) is 0 Å². The van der Waals surface area contributed by atoms with Crippen LogP contribution in [0.4, 0.5) is 4.39 Å². The largest absolute Gasteiger partial charge is 0.454 e. The maximum Gasteiger partial charge on any atom is 0.168 e. The normalized spacial score (nSPS) is 10.4. The smallest absolute Gasteiger partial charge is 0.168 e. The third kappa shape index (κ3) is 2.63. The lowest BCUT2D eigenvalue weighted by Crippen LogP contribution is -2.00. The Hall–Kier alpha value is -1.58. The molecule has 18 heavy (non-hydrogen) atoms. The number of halogens is 2. The molecule has 0 aliphatic carbocycles. The molecule has 2 nitrogen and oxygen atoms in total. The molecule has 0 saturated heterocycles. The Morgan fingerprint density at radius 3 is 2.72 bits per heavy atom. The van der Waals surface area contributed by atoms with Gasteiger partial charge in [-0.2, -0.15) is 0 Å². The first-order valence-corrected chi connectivity index (χ1v) is 5.91. The summed E-state index contributed by atoms with van der Waals surface area (Å²) in [6, 6.07) is 10.1. The van der Waals surface area contributed by atoms with E-state index in [0.717, 1.165) is 5.56 Å². The highest BCUT2D eigenvalue weighted by atomic mass is 35.5. The van der Waals surface area contributed by atoms with Crippen molar-refractivity contribution in [3.8, 4) is 11.5 Å². The van der Waals surface area contributed by atoms with Gasteiger partial charge in [-0.1, -0.05) is 29.8 Å². The zero-order valence-electron chi connectivity index (χ0n) is 9.91. The van der Waals surface area contributed by atoms with E-state index >= 15 is 0 Å². The van der Waals surface area contributed by atoms with Crippen molar-refractivity contribution >= 4 is 11.6 Å². The van der Waals surface area contributed by atoms with E-state index in [1.807, 2.05) is 0 Å². The SMILES string of the molecule is Cc1cccc(Oc2cc(Cl)ccc2CN)c1F. The minimum atomic E-state index is -0.375. The summed E-state index contributed by atoms with van der Waals surface area (Å²) in [7, 11) is 0. The van der Waals surface area contributed by atoms with Crippen LogP contribution in [0.1, 0.15) is 11.1 Å². The van der Waals surface area contributed by atoms with Gasteiger partial charge in [0.05, 0.1) is 0 Å². The van der Waals surface area contributed by atoms with Crippen molar-refractivity contribution in [1.29, 1.82) is 0 Å². The third-order valence-corrected chi connectivity index (χ3v) is 2.86. The van der Waals surface area contributed by atoms with Gasteiger partial charge in [-0.25, -0.2) is 4.39 Å². The number of hydrogen-bond donors (Lipinski definition) is 1. The van der Waals surface area contributed by atoms with Crippen molar-refractivity contribution in [3.05, 3.63) is 58.4 Å². The first-order valence-electron chi connectivity index (χ1n) is 5.53. The molecule has 0 bridgehead atoms. The standard InChI is InChI=1S/C14H13ClFNO/c1-9-3-2-4-12(14(9)16)18-13-7-11(15)6-5-10(13)8-17/h2-7H,8,17H2,1H3. The first-order chi connectivity index (χ1) is 8.61. The zero-order valence-corrected chi connectivity index (χ0v) is 10.7. The molecule has 2 N–H and O–H groups in total. The first kappa shape index (κ1) is 12.9. The average Bonchev–Trinajstić information content (AvgIpc) is 2.35. The van der Waals surface area contributed by atoms with E-state index in [1.165, 1.54) is 0 Å². The number of rotatable bonds is 3. The second-order valence-electron chi connectivity index (χ2n) is 3.95. The van der Waals surface area contributed by atoms with Crippen molar-refractivity contribution in [2.45, 2.75) is 13.5 Å². The second kappa shape index (κ2) is 5.38. The van der Waals surface area contributed by atoms with E-state index in [4.69, 9.17) is 22.1 Å². The molecule has 94 valence electrons. The summed E-state index contributed by atoms with van der Waals surface area (Å²) in [5.74, 6) is 0.280. The van der Waals surface area contributed by atoms with E-state index in [9.17, 15) is 4.39 Å². The Labute approximate surface area is 110 Å². The van der Waals surface area contributed by atoms with Gasteiger partial charge in [0.15, 0.2) is 11.6 Å². The van der Waals surface area contributed by atoms with E-state index in [-0.39, 0.29) is 11.6 Å². The van der Waals surface area contributed by atoms with Gasteiger partial charge >= 0.3 is 0 Å². The summed E-state index contributed by atoms with van der Waals surface area (Å²) >= 11 is 5.90. The number of nitrogens with two attached hydrogens (primary N) is 1. The molecule has 0 atom stereocenters. The number of aryl methyl sites for hydroxylation is 1. The van der Waals surface area contributed by atoms with Crippen LogP contribution in [0.5, 0.6) is 11.5 Å². The Bertz CT molecular complexity index is 572. The van der Waals surface area contributed by atoms with Crippen LogP contribution < -0.4 is 10.5 Å².